The molecule has 0 aromatic rings. The minimum Gasteiger partial charge on any atom is -0.466 e. The van der Waals surface area contributed by atoms with E-state index in [2.05, 4.69) is 30.7 Å². The molecule has 9 aliphatic heterocycles. The van der Waals surface area contributed by atoms with Gasteiger partial charge in [0.15, 0.2) is 0 Å². The highest BCUT2D eigenvalue weighted by Crippen LogP contribution is 2.30. The number of esters is 7. The maximum Gasteiger partial charge on any atom is 0.519 e. The van der Waals surface area contributed by atoms with Crippen molar-refractivity contribution in [2.45, 2.75) is 310 Å². The summed E-state index contributed by atoms with van der Waals surface area (Å²) in [4.78, 5) is 218. The third-order valence-electron chi connectivity index (χ3n) is 22.3. The van der Waals surface area contributed by atoms with E-state index >= 15 is 0 Å². The van der Waals surface area contributed by atoms with Crippen LogP contribution in [0.3, 0.4) is 0 Å². The van der Waals surface area contributed by atoms with Crippen LogP contribution in [0.2, 0.25) is 0 Å². The fourth-order valence-corrected chi connectivity index (χ4v) is 15.8. The quantitative estimate of drug-likeness (QED) is 0.0713. The Bertz CT molecular complexity index is 3810. The number of nitrogens with zero attached hydrogens (tertiary/aromatic N) is 7. The van der Waals surface area contributed by atoms with Crippen LogP contribution in [-0.4, -0.2) is 335 Å². The average Bonchev–Trinajstić information content (AvgIpc) is 0.824. The smallest absolute Gasteiger partial charge is 0.466 e. The molecule has 9 fully saturated rings. The van der Waals surface area contributed by atoms with Gasteiger partial charge in [-0.1, -0.05) is 0 Å². The molecule has 9 atom stereocenters. The van der Waals surface area contributed by atoms with Crippen molar-refractivity contribution in [3.63, 3.8) is 0 Å². The van der Waals surface area contributed by atoms with Crippen molar-refractivity contribution in [2.75, 3.05) is 165 Å². The van der Waals surface area contributed by atoms with E-state index in [0.717, 1.165) is 155 Å². The summed E-state index contributed by atoms with van der Waals surface area (Å²) in [6.07, 6.45) is 12.4. The van der Waals surface area contributed by atoms with Gasteiger partial charge in [-0.05, 0) is 267 Å². The van der Waals surface area contributed by atoms with Crippen molar-refractivity contribution in [3.8, 4) is 0 Å². The van der Waals surface area contributed by atoms with Gasteiger partial charge in [0.05, 0.1) is 86.3 Å². The fourth-order valence-electron chi connectivity index (χ4n) is 15.8. The number of carbonyl (C=O) groups is 18. The highest BCUT2D eigenvalue weighted by Gasteiger charge is 2.41. The molecule has 0 unspecified atom stereocenters. The summed E-state index contributed by atoms with van der Waals surface area (Å²) in [7, 11) is 3.26. The number of ether oxygens (including phenoxy) is 12. The Morgan fingerprint density at radius 3 is 0.721 bits per heavy atom. The number of hydrogen-bond donors (Lipinski definition) is 4. The maximum absolute atomic E-state index is 12.9. The standard InChI is InChI=1S/C19H32N2O5.C18H31N3O4.C13H23NO4.C10H17NO3.C10H18O5.C9H16N2O2.2C8H15NO2.C4H6O3/c1-5-25-17(23)15-9-7-10-20(13-15)16(22)14-8-6-11-21(12-14)18(24)26-19(2,3)4;1-18(2,3)25-17(24)21-10-6-8-14(12-21)16(23)20-9-5-7-13(11-20)15(22)19-4;1-5-17-11(15)10-7-6-8-14(9-10)12(16)18-13(2,3)4;1-3-14-10(13)9-5-4-6-11(7-9)8(2)12;1-9(2,3)14-7(11)13-8(12)15-10(4,5)6;1-7(12)11-5-3-4-8(6-11)9(13)10-2;2*1-2-11-8(10)7-4-3-5-9-6-7;1-3(5)7-4(2)6/h14-15H,5-13H2,1-4H3;13-14H,5-12H2,1-4H3,(H,19,22);10H,5-9H2,1-4H3;9H,3-7H2,1-2H3;1-6H3;8H,3-6H2,1-2H3,(H,10,13);2*7,9H,2-6H2,1H3;1-2H3/t14-,15+;13-,14+;10-;9-;;8-;2*7-;/m1011.110./s1. The molecule has 0 aromatic carbocycles. The van der Waals surface area contributed by atoms with E-state index in [9.17, 15) is 86.3 Å². The van der Waals surface area contributed by atoms with Crippen LogP contribution in [0, 0.1) is 53.3 Å². The SMILES string of the molecule is CC(=O)OC(C)=O.CC(C)(C)OC(=O)OC(=O)OC(C)(C)C.CCOC(=O)[C@@H]1CCCN(C(=O)OC(C)(C)C)C1.CCOC(=O)[C@@H]1CCCN(C(C)=O)C1.CCOC(=O)[C@@H]1CCCNC1.CCOC(=O)[C@H]1CCCN(C(=O)[C@@H]2CCCN(C(=O)OC(C)(C)C)C2)C1.CCOC(=O)[C@H]1CCCNC1.CNC(=O)[C@@H]1CCCN(C(C)=O)C1.CNC(=O)[C@H]1CCCN(C(=O)[C@@H]2CCCN(C(=O)OC(C)(C)C)C2)C1. The van der Waals surface area contributed by atoms with E-state index in [1.165, 1.54) is 20.8 Å². The van der Waals surface area contributed by atoms with Gasteiger partial charge in [-0.15, -0.1) is 0 Å². The minimum absolute atomic E-state index is 0.00322. The van der Waals surface area contributed by atoms with Crippen LogP contribution in [0.25, 0.3) is 0 Å². The maximum atomic E-state index is 12.9. The molecule has 9 heterocycles. The molecule has 41 nitrogen and oxygen atoms in total. The molecule has 0 aromatic heterocycles. The molecule has 0 radical (unpaired) electrons. The number of carbonyl (C=O) groups excluding carboxylic acids is 18. The normalized spacial score (nSPS) is 21.3. The lowest BCUT2D eigenvalue weighted by Crippen LogP contribution is -2.51. The van der Waals surface area contributed by atoms with Crippen LogP contribution in [0.1, 0.15) is 282 Å². The molecular weight excluding hydrogens is 1820 g/mol. The van der Waals surface area contributed by atoms with Gasteiger partial charge in [-0.2, -0.15) is 0 Å². The van der Waals surface area contributed by atoms with Crippen molar-refractivity contribution >= 4 is 108 Å². The van der Waals surface area contributed by atoms with E-state index < -0.39 is 52.3 Å². The molecular formula is C99H173N11O30. The van der Waals surface area contributed by atoms with Crippen molar-refractivity contribution in [1.82, 2.24) is 55.6 Å². The average molecular weight is 2000 g/mol. The predicted molar refractivity (Wildman–Crippen MR) is 519 cm³/mol. The molecule has 140 heavy (non-hydrogen) atoms. The fraction of sp³-hybridized carbons (Fsp3) is 0.818. The molecule has 0 bridgehead atoms. The van der Waals surface area contributed by atoms with Gasteiger partial charge < -0.3 is 112 Å². The second-order valence-corrected chi connectivity index (χ2v) is 40.3. The lowest BCUT2D eigenvalue weighted by atomic mass is 9.93. The van der Waals surface area contributed by atoms with Gasteiger partial charge in [-0.3, -0.25) is 62.3 Å². The van der Waals surface area contributed by atoms with Crippen molar-refractivity contribution in [1.29, 1.82) is 0 Å². The number of nitrogens with one attached hydrogen (secondary N) is 4. The summed E-state index contributed by atoms with van der Waals surface area (Å²) < 4.78 is 58.8. The first-order valence-electron chi connectivity index (χ1n) is 49.9. The zero-order valence-electron chi connectivity index (χ0n) is 89.1. The number of hydrogen-bond acceptors (Lipinski definition) is 32. The van der Waals surface area contributed by atoms with Crippen LogP contribution >= 0.6 is 0 Å². The van der Waals surface area contributed by atoms with Crippen molar-refractivity contribution < 1.29 is 143 Å². The number of rotatable bonds is 14. The molecule has 9 aliphatic rings. The largest absolute Gasteiger partial charge is 0.519 e. The summed E-state index contributed by atoms with van der Waals surface area (Å²) in [5, 5.41) is 11.6. The second-order valence-electron chi connectivity index (χ2n) is 40.3. The minimum atomic E-state index is -1.06. The van der Waals surface area contributed by atoms with Gasteiger partial charge in [0.2, 0.25) is 35.4 Å². The molecule has 0 aliphatic carbocycles. The van der Waals surface area contributed by atoms with E-state index in [4.69, 9.17) is 47.4 Å². The first-order valence-corrected chi connectivity index (χ1v) is 49.9. The van der Waals surface area contributed by atoms with E-state index in [1.54, 1.807) is 118 Å². The first kappa shape index (κ1) is 128. The Balaban J connectivity index is 0.000000806. The van der Waals surface area contributed by atoms with Crippen LogP contribution in [0.5, 0.6) is 0 Å². The first-order chi connectivity index (χ1) is 65.3. The van der Waals surface area contributed by atoms with Crippen molar-refractivity contribution in [3.05, 3.63) is 0 Å². The van der Waals surface area contributed by atoms with Crippen LogP contribution in [0.15, 0.2) is 0 Å². The number of amides is 9. The van der Waals surface area contributed by atoms with Gasteiger partial charge in [-0.25, -0.2) is 24.0 Å². The number of piperidine rings is 9. The zero-order chi connectivity index (χ0) is 106. The van der Waals surface area contributed by atoms with Crippen LogP contribution < -0.4 is 21.3 Å². The third kappa shape index (κ3) is 55.8. The molecule has 41 heteroatoms. The zero-order valence-corrected chi connectivity index (χ0v) is 89.1. The van der Waals surface area contributed by atoms with E-state index in [-0.39, 0.29) is 137 Å². The molecule has 0 spiro atoms. The Morgan fingerprint density at radius 1 is 0.271 bits per heavy atom. The topological polar surface area (TPSA) is 489 Å². The van der Waals surface area contributed by atoms with Crippen LogP contribution in [-0.2, 0) is 119 Å². The highest BCUT2D eigenvalue weighted by molar-refractivity contribution is 5.85. The van der Waals surface area contributed by atoms with E-state index in [1.807, 2.05) is 76.2 Å². The molecule has 9 amide bonds. The van der Waals surface area contributed by atoms with Gasteiger partial charge in [0.25, 0.3) is 0 Å². The molecule has 0 saturated carbocycles. The summed E-state index contributed by atoms with van der Waals surface area (Å²) in [5.41, 5.74) is -2.98. The number of likely N-dealkylation sites (tertiary alicyclic amines) is 7. The molecule has 804 valence electrons. The molecule has 9 rings (SSSR count). The van der Waals surface area contributed by atoms with Gasteiger partial charge in [0, 0.05) is 147 Å². The second kappa shape index (κ2) is 65.8. The van der Waals surface area contributed by atoms with E-state index in [0.29, 0.717) is 112 Å². The van der Waals surface area contributed by atoms with Crippen molar-refractivity contribution in [2.24, 2.45) is 53.3 Å². The summed E-state index contributed by atoms with van der Waals surface area (Å²) in [6.45, 7) is 54.8. The Hall–Kier alpha value is -10.2. The van der Waals surface area contributed by atoms with Gasteiger partial charge >= 0.3 is 72.4 Å². The van der Waals surface area contributed by atoms with Gasteiger partial charge in [0.1, 0.15) is 28.0 Å². The molecule has 9 saturated heterocycles. The monoisotopic (exact) mass is 2000 g/mol. The Labute approximate surface area is 830 Å². The highest BCUT2D eigenvalue weighted by atomic mass is 16.8. The van der Waals surface area contributed by atoms with Crippen LogP contribution in [0.4, 0.5) is 24.0 Å². The summed E-state index contributed by atoms with van der Waals surface area (Å²) in [6, 6.07) is 0. The molecule has 4 N–H and O–H groups in total. The Morgan fingerprint density at radius 2 is 0.486 bits per heavy atom. The lowest BCUT2D eigenvalue weighted by Gasteiger charge is -2.38. The Kier molecular flexibility index (Phi) is 60.0. The summed E-state index contributed by atoms with van der Waals surface area (Å²) >= 11 is 0. The third-order valence-corrected chi connectivity index (χ3v) is 22.3. The lowest BCUT2D eigenvalue weighted by molar-refractivity contribution is -0.157. The predicted octanol–water partition coefficient (Wildman–Crippen LogP) is 11.1. The summed E-state index contributed by atoms with van der Waals surface area (Å²) in [5.74, 6) is -2.51.